The first-order valence-electron chi connectivity index (χ1n) is 9.01. The van der Waals surface area contributed by atoms with Gasteiger partial charge in [-0.1, -0.05) is 17.7 Å². The van der Waals surface area contributed by atoms with E-state index < -0.39 is 30.0 Å². The molecule has 1 fully saturated rings. The fourth-order valence-electron chi connectivity index (χ4n) is 2.36. The van der Waals surface area contributed by atoms with Crippen molar-refractivity contribution in [3.63, 3.8) is 0 Å². The summed E-state index contributed by atoms with van der Waals surface area (Å²) in [5.74, 6) is 0.0752. The summed E-state index contributed by atoms with van der Waals surface area (Å²) in [5.41, 5.74) is 5.05. The summed E-state index contributed by atoms with van der Waals surface area (Å²) in [6.45, 7) is 13.3. The lowest BCUT2D eigenvalue weighted by Crippen LogP contribution is -2.41. The van der Waals surface area contributed by atoms with Gasteiger partial charge in [0.1, 0.15) is 10.8 Å². The van der Waals surface area contributed by atoms with Gasteiger partial charge in [-0.15, -0.1) is 0 Å². The molecule has 2 heterocycles. The highest BCUT2D eigenvalue weighted by molar-refractivity contribution is 6.56. The second kappa shape index (κ2) is 7.89. The lowest BCUT2D eigenvalue weighted by atomic mass is 9.77. The molecular weight excluding hydrogens is 382 g/mol. The normalized spacial score (nSPS) is 18.9. The van der Waals surface area contributed by atoms with Gasteiger partial charge in [0.2, 0.25) is 5.95 Å². The van der Waals surface area contributed by atoms with Crippen molar-refractivity contribution in [3.8, 4) is 0 Å². The molecule has 154 valence electrons. The third-order valence-electron chi connectivity index (χ3n) is 4.52. The Morgan fingerprint density at radius 2 is 1.89 bits per heavy atom. The number of nitrogen functional groups attached to an aromatic ring is 1. The van der Waals surface area contributed by atoms with Crippen LogP contribution in [0.1, 0.15) is 54.0 Å². The first kappa shape index (κ1) is 22.5. The van der Waals surface area contributed by atoms with Crippen LogP contribution in [0.5, 0.6) is 0 Å². The van der Waals surface area contributed by atoms with Crippen molar-refractivity contribution in [1.29, 1.82) is 0 Å². The second-order valence-corrected chi connectivity index (χ2v) is 9.00. The maximum atomic E-state index is 12.1. The van der Waals surface area contributed by atoms with Gasteiger partial charge in [0, 0.05) is 18.3 Å². The molecule has 10 heteroatoms. The molecule has 0 saturated carbocycles. The van der Waals surface area contributed by atoms with Crippen molar-refractivity contribution in [3.05, 3.63) is 22.4 Å². The number of halogens is 1. The standard InChI is InChI=1S/C18H28BClN4O4/c1-16(2,3)26-15(25)23-10-12(8-11-9-22-14(21)24-13(11)20)19-27-17(4,5)18(6,7)28-19/h8-9H,10H2,1-7H3,(H,23,25)(H2,21,22,24). The average Bonchev–Trinajstić information content (AvgIpc) is 2.71. The van der Waals surface area contributed by atoms with E-state index in [0.717, 1.165) is 0 Å². The van der Waals surface area contributed by atoms with Gasteiger partial charge in [0.05, 0.1) is 11.2 Å². The summed E-state index contributed by atoms with van der Waals surface area (Å²) in [6, 6.07) is 0. The van der Waals surface area contributed by atoms with Crippen LogP contribution in [0.25, 0.3) is 6.08 Å². The summed E-state index contributed by atoms with van der Waals surface area (Å²) < 4.78 is 17.5. The van der Waals surface area contributed by atoms with Crippen LogP contribution in [0.3, 0.4) is 0 Å². The zero-order valence-electron chi connectivity index (χ0n) is 17.4. The highest BCUT2D eigenvalue weighted by Crippen LogP contribution is 2.39. The number of nitrogens with one attached hydrogen (secondary N) is 1. The Morgan fingerprint density at radius 3 is 2.39 bits per heavy atom. The average molecular weight is 411 g/mol. The van der Waals surface area contributed by atoms with E-state index in [1.54, 1.807) is 26.8 Å². The molecule has 0 radical (unpaired) electrons. The van der Waals surface area contributed by atoms with E-state index in [1.165, 1.54) is 6.20 Å². The Bertz CT molecular complexity index is 761. The van der Waals surface area contributed by atoms with E-state index in [2.05, 4.69) is 15.3 Å². The monoisotopic (exact) mass is 410 g/mol. The maximum Gasteiger partial charge on any atom is 0.492 e. The predicted molar refractivity (Wildman–Crippen MR) is 110 cm³/mol. The van der Waals surface area contributed by atoms with Crippen LogP contribution >= 0.6 is 11.6 Å². The van der Waals surface area contributed by atoms with Crippen LogP contribution < -0.4 is 11.1 Å². The highest BCUT2D eigenvalue weighted by Gasteiger charge is 2.52. The Labute approximate surface area is 171 Å². The number of carbonyl (C=O) groups excluding carboxylic acids is 1. The number of ether oxygens (including phenoxy) is 1. The van der Waals surface area contributed by atoms with Crippen molar-refractivity contribution in [2.75, 3.05) is 12.3 Å². The van der Waals surface area contributed by atoms with Crippen molar-refractivity contribution in [1.82, 2.24) is 15.3 Å². The molecule has 2 rings (SSSR count). The fraction of sp³-hybridized carbons (Fsp3) is 0.611. The molecule has 1 saturated heterocycles. The minimum Gasteiger partial charge on any atom is -0.444 e. The molecule has 0 spiro atoms. The number of nitrogens with zero attached hydrogens (tertiary/aromatic N) is 2. The summed E-state index contributed by atoms with van der Waals surface area (Å²) in [4.78, 5) is 20.0. The minimum atomic E-state index is -0.687. The van der Waals surface area contributed by atoms with Gasteiger partial charge in [0.25, 0.3) is 0 Å². The van der Waals surface area contributed by atoms with E-state index in [0.29, 0.717) is 11.0 Å². The fourth-order valence-corrected chi connectivity index (χ4v) is 2.55. The van der Waals surface area contributed by atoms with Crippen molar-refractivity contribution in [2.45, 2.75) is 65.3 Å². The zero-order valence-corrected chi connectivity index (χ0v) is 18.2. The third-order valence-corrected chi connectivity index (χ3v) is 4.82. The zero-order chi connectivity index (χ0) is 21.3. The van der Waals surface area contributed by atoms with Crippen molar-refractivity contribution in [2.24, 2.45) is 0 Å². The number of hydrogen-bond donors (Lipinski definition) is 2. The Balaban J connectivity index is 2.28. The van der Waals surface area contributed by atoms with Crippen LogP contribution in [0.15, 0.2) is 11.7 Å². The highest BCUT2D eigenvalue weighted by atomic mass is 35.5. The molecule has 0 atom stereocenters. The van der Waals surface area contributed by atoms with E-state index in [9.17, 15) is 4.79 Å². The number of nitrogens with two attached hydrogens (primary N) is 1. The molecule has 0 unspecified atom stereocenters. The Hall–Kier alpha value is -1.84. The van der Waals surface area contributed by atoms with Crippen molar-refractivity contribution < 1.29 is 18.8 Å². The molecule has 28 heavy (non-hydrogen) atoms. The molecule has 1 aromatic heterocycles. The molecule has 3 N–H and O–H groups in total. The SMILES string of the molecule is CC(C)(C)OC(=O)NCC(=Cc1cnc(N)nc1Cl)B1OC(C)(C)C(C)(C)O1. The number of hydrogen-bond acceptors (Lipinski definition) is 7. The van der Waals surface area contributed by atoms with Gasteiger partial charge in [-0.2, -0.15) is 0 Å². The molecule has 1 aliphatic heterocycles. The molecule has 1 amide bonds. The number of anilines is 1. The van der Waals surface area contributed by atoms with E-state index in [-0.39, 0.29) is 17.6 Å². The largest absolute Gasteiger partial charge is 0.492 e. The Morgan fingerprint density at radius 1 is 1.32 bits per heavy atom. The summed E-state index contributed by atoms with van der Waals surface area (Å²) in [7, 11) is -0.687. The molecular formula is C18H28BClN4O4. The first-order valence-corrected chi connectivity index (χ1v) is 9.39. The van der Waals surface area contributed by atoms with Crippen LogP contribution in [-0.2, 0) is 14.0 Å². The molecule has 8 nitrogen and oxygen atoms in total. The lowest BCUT2D eigenvalue weighted by molar-refractivity contribution is 0.00578. The van der Waals surface area contributed by atoms with Gasteiger partial charge in [0.15, 0.2) is 0 Å². The van der Waals surface area contributed by atoms with Crippen molar-refractivity contribution >= 4 is 36.8 Å². The van der Waals surface area contributed by atoms with Crippen LogP contribution in [0.2, 0.25) is 5.15 Å². The van der Waals surface area contributed by atoms with Gasteiger partial charge < -0.3 is 25.1 Å². The van der Waals surface area contributed by atoms with Gasteiger partial charge in [-0.3, -0.25) is 0 Å². The predicted octanol–water partition coefficient (Wildman–Crippen LogP) is 3.25. The first-order chi connectivity index (χ1) is 12.7. The molecule has 0 aliphatic carbocycles. The number of alkyl carbamates (subject to hydrolysis) is 1. The number of amides is 1. The van der Waals surface area contributed by atoms with Crippen LogP contribution in [0.4, 0.5) is 10.7 Å². The van der Waals surface area contributed by atoms with Crippen LogP contribution in [-0.4, -0.2) is 46.5 Å². The summed E-state index contributed by atoms with van der Waals surface area (Å²) in [6.07, 6.45) is 2.68. The topological polar surface area (TPSA) is 109 Å². The molecule has 1 aromatic rings. The molecule has 1 aliphatic rings. The molecule has 0 bridgehead atoms. The summed E-state index contributed by atoms with van der Waals surface area (Å²) >= 11 is 6.17. The van der Waals surface area contributed by atoms with Gasteiger partial charge in [-0.05, 0) is 53.9 Å². The smallest absolute Gasteiger partial charge is 0.444 e. The third kappa shape index (κ3) is 5.59. The van der Waals surface area contributed by atoms with E-state index in [4.69, 9.17) is 31.4 Å². The quantitative estimate of drug-likeness (QED) is 0.579. The van der Waals surface area contributed by atoms with E-state index in [1.807, 2.05) is 27.7 Å². The lowest BCUT2D eigenvalue weighted by Gasteiger charge is -2.32. The molecule has 0 aromatic carbocycles. The minimum absolute atomic E-state index is 0.0752. The number of aromatic nitrogens is 2. The van der Waals surface area contributed by atoms with Gasteiger partial charge >= 0.3 is 13.2 Å². The van der Waals surface area contributed by atoms with Gasteiger partial charge in [-0.25, -0.2) is 14.8 Å². The number of rotatable bonds is 4. The number of carbonyl (C=O) groups is 1. The Kier molecular flexibility index (Phi) is 6.32. The summed E-state index contributed by atoms with van der Waals surface area (Å²) in [5, 5.41) is 2.92. The second-order valence-electron chi connectivity index (χ2n) is 8.64. The van der Waals surface area contributed by atoms with E-state index >= 15 is 0 Å². The maximum absolute atomic E-state index is 12.1. The van der Waals surface area contributed by atoms with Crippen LogP contribution in [0, 0.1) is 0 Å².